The van der Waals surface area contributed by atoms with Crippen molar-refractivity contribution in [3.63, 3.8) is 0 Å². The van der Waals surface area contributed by atoms with Crippen LogP contribution in [0.15, 0.2) is 28.8 Å². The van der Waals surface area contributed by atoms with Gasteiger partial charge in [-0.1, -0.05) is 23.4 Å². The summed E-state index contributed by atoms with van der Waals surface area (Å²) in [4.78, 5) is 9.23. The summed E-state index contributed by atoms with van der Waals surface area (Å²) in [5, 5.41) is 3.89. The zero-order valence-electron chi connectivity index (χ0n) is 14.7. The first-order chi connectivity index (χ1) is 11.7. The van der Waals surface area contributed by atoms with Gasteiger partial charge in [0.25, 0.3) is 0 Å². The Morgan fingerprint density at radius 3 is 2.62 bits per heavy atom. The highest BCUT2D eigenvalue weighted by atomic mass is 16.5. The van der Waals surface area contributed by atoms with Crippen LogP contribution in [0.1, 0.15) is 37.2 Å². The van der Waals surface area contributed by atoms with Crippen LogP contribution in [0.2, 0.25) is 0 Å². The fraction of sp³-hybridized carbons (Fsp3) is 0.556. The molecule has 1 unspecified atom stereocenters. The van der Waals surface area contributed by atoms with Gasteiger partial charge < -0.3 is 9.26 Å². The minimum Gasteiger partial charge on any atom is -0.494 e. The molecule has 1 saturated heterocycles. The lowest BCUT2D eigenvalue weighted by molar-refractivity contribution is 0.0840. The van der Waals surface area contributed by atoms with Crippen molar-refractivity contribution >= 4 is 0 Å². The Morgan fingerprint density at radius 1 is 1.21 bits per heavy atom. The van der Waals surface area contributed by atoms with Gasteiger partial charge in [0.15, 0.2) is 5.82 Å². The molecule has 0 spiro atoms. The van der Waals surface area contributed by atoms with Gasteiger partial charge in [-0.25, -0.2) is 0 Å². The molecule has 1 aliphatic heterocycles. The van der Waals surface area contributed by atoms with Crippen LogP contribution in [0.25, 0.3) is 0 Å². The highest BCUT2D eigenvalue weighted by Crippen LogP contribution is 2.23. The van der Waals surface area contributed by atoms with Gasteiger partial charge in [0.2, 0.25) is 5.89 Å². The topological polar surface area (TPSA) is 54.6 Å². The molecule has 2 heterocycles. The second-order valence-electron chi connectivity index (χ2n) is 6.21. The highest BCUT2D eigenvalue weighted by Gasteiger charge is 2.25. The summed E-state index contributed by atoms with van der Waals surface area (Å²) in [6, 6.07) is 8.48. The van der Waals surface area contributed by atoms with Crippen molar-refractivity contribution in [2.24, 2.45) is 0 Å². The number of rotatable bonds is 6. The van der Waals surface area contributed by atoms with E-state index in [1.54, 1.807) is 0 Å². The smallest absolute Gasteiger partial charge is 0.243 e. The maximum Gasteiger partial charge on any atom is 0.243 e. The van der Waals surface area contributed by atoms with Crippen molar-refractivity contribution in [2.45, 2.75) is 33.4 Å². The Kier molecular flexibility index (Phi) is 5.48. The Balaban J connectivity index is 1.55. The summed E-state index contributed by atoms with van der Waals surface area (Å²) < 4.78 is 11.0. The second kappa shape index (κ2) is 7.77. The van der Waals surface area contributed by atoms with E-state index in [0.29, 0.717) is 18.3 Å². The molecule has 130 valence electrons. The van der Waals surface area contributed by atoms with E-state index in [1.165, 1.54) is 5.56 Å². The summed E-state index contributed by atoms with van der Waals surface area (Å²) in [7, 11) is 0. The summed E-state index contributed by atoms with van der Waals surface area (Å²) in [5.74, 6) is 2.41. The van der Waals surface area contributed by atoms with Gasteiger partial charge in [0.1, 0.15) is 5.75 Å². The van der Waals surface area contributed by atoms with E-state index in [0.717, 1.165) is 38.5 Å². The maximum atomic E-state index is 5.73. The fourth-order valence-electron chi connectivity index (χ4n) is 3.12. The zero-order chi connectivity index (χ0) is 16.9. The number of para-hydroxylation sites is 1. The van der Waals surface area contributed by atoms with Gasteiger partial charge in [-0.3, -0.25) is 9.80 Å². The third-order valence-corrected chi connectivity index (χ3v) is 4.52. The van der Waals surface area contributed by atoms with Crippen LogP contribution < -0.4 is 4.74 Å². The molecule has 1 aliphatic rings. The normalized spacial score (nSPS) is 17.8. The molecular weight excluding hydrogens is 304 g/mol. The van der Waals surface area contributed by atoms with E-state index in [2.05, 4.69) is 45.1 Å². The number of nitrogens with zero attached hydrogens (tertiary/aromatic N) is 4. The monoisotopic (exact) mass is 330 g/mol. The van der Waals surface area contributed by atoms with Crippen LogP contribution >= 0.6 is 0 Å². The molecule has 24 heavy (non-hydrogen) atoms. The number of piperazine rings is 1. The molecule has 1 atom stereocenters. The van der Waals surface area contributed by atoms with E-state index >= 15 is 0 Å². The fourth-order valence-corrected chi connectivity index (χ4v) is 3.12. The van der Waals surface area contributed by atoms with Crippen LogP contribution in [0.3, 0.4) is 0 Å². The summed E-state index contributed by atoms with van der Waals surface area (Å²) in [6.07, 6.45) is 0. The molecule has 0 N–H and O–H groups in total. The predicted molar refractivity (Wildman–Crippen MR) is 91.9 cm³/mol. The minimum absolute atomic E-state index is 0.170. The third-order valence-electron chi connectivity index (χ3n) is 4.52. The molecule has 1 aromatic carbocycles. The largest absolute Gasteiger partial charge is 0.494 e. The van der Waals surface area contributed by atoms with Crippen LogP contribution in [-0.4, -0.2) is 52.7 Å². The van der Waals surface area contributed by atoms with Crippen LogP contribution in [-0.2, 0) is 6.54 Å². The predicted octanol–water partition coefficient (Wildman–Crippen LogP) is 2.66. The maximum absolute atomic E-state index is 5.73. The van der Waals surface area contributed by atoms with Crippen molar-refractivity contribution < 1.29 is 9.26 Å². The molecular formula is C18H26N4O2. The molecule has 0 bridgehead atoms. The minimum atomic E-state index is 0.170. The number of hydrogen-bond acceptors (Lipinski definition) is 6. The van der Waals surface area contributed by atoms with Crippen LogP contribution in [0, 0.1) is 6.92 Å². The number of ether oxygens (including phenoxy) is 1. The number of aryl methyl sites for hydroxylation is 1. The molecule has 0 saturated carbocycles. The molecule has 1 fully saturated rings. The molecule has 0 aliphatic carbocycles. The quantitative estimate of drug-likeness (QED) is 0.812. The van der Waals surface area contributed by atoms with Crippen LogP contribution in [0.4, 0.5) is 0 Å². The first-order valence-corrected chi connectivity index (χ1v) is 8.64. The van der Waals surface area contributed by atoms with E-state index < -0.39 is 0 Å². The Labute approximate surface area is 143 Å². The van der Waals surface area contributed by atoms with E-state index in [9.17, 15) is 0 Å². The number of aromatic nitrogens is 2. The highest BCUT2D eigenvalue weighted by molar-refractivity contribution is 5.33. The van der Waals surface area contributed by atoms with Gasteiger partial charge in [0.05, 0.1) is 12.6 Å². The molecule has 0 radical (unpaired) electrons. The third kappa shape index (κ3) is 3.94. The lowest BCUT2D eigenvalue weighted by atomic mass is 10.1. The molecule has 1 aromatic heterocycles. The van der Waals surface area contributed by atoms with E-state index in [1.807, 2.05) is 19.9 Å². The van der Waals surface area contributed by atoms with Crippen molar-refractivity contribution in [2.75, 3.05) is 32.8 Å². The number of benzene rings is 1. The lowest BCUT2D eigenvalue weighted by Crippen LogP contribution is -2.46. The van der Waals surface area contributed by atoms with E-state index in [4.69, 9.17) is 9.26 Å². The Hall–Kier alpha value is -1.92. The standard InChI is InChI=1S/C18H26N4O2/c1-4-23-17-8-6-5-7-16(17)13-21-9-11-22(12-10-21)14(2)18-19-15(3)20-24-18/h5-8,14H,4,9-13H2,1-3H3. The molecule has 2 aromatic rings. The van der Waals surface area contributed by atoms with Gasteiger partial charge in [0, 0.05) is 38.3 Å². The molecule has 6 heteroatoms. The summed E-state index contributed by atoms with van der Waals surface area (Å²) in [6.45, 7) is 11.7. The van der Waals surface area contributed by atoms with Gasteiger partial charge >= 0.3 is 0 Å². The molecule has 3 rings (SSSR count). The molecule has 6 nitrogen and oxygen atoms in total. The van der Waals surface area contributed by atoms with Crippen molar-refractivity contribution in [3.8, 4) is 5.75 Å². The summed E-state index contributed by atoms with van der Waals surface area (Å²) in [5.41, 5.74) is 1.26. The Morgan fingerprint density at radius 2 is 1.96 bits per heavy atom. The zero-order valence-corrected chi connectivity index (χ0v) is 14.7. The van der Waals surface area contributed by atoms with Gasteiger partial charge in [-0.2, -0.15) is 4.98 Å². The van der Waals surface area contributed by atoms with Gasteiger partial charge in [-0.05, 0) is 26.8 Å². The SMILES string of the molecule is CCOc1ccccc1CN1CCN(C(C)c2nc(C)no2)CC1. The first kappa shape index (κ1) is 16.9. The lowest BCUT2D eigenvalue weighted by Gasteiger charge is -2.37. The first-order valence-electron chi connectivity index (χ1n) is 8.64. The van der Waals surface area contributed by atoms with Crippen molar-refractivity contribution in [1.29, 1.82) is 0 Å². The average molecular weight is 330 g/mol. The van der Waals surface area contributed by atoms with Crippen LogP contribution in [0.5, 0.6) is 5.75 Å². The Bertz CT molecular complexity index is 650. The van der Waals surface area contributed by atoms with E-state index in [-0.39, 0.29) is 6.04 Å². The van der Waals surface area contributed by atoms with Crippen molar-refractivity contribution in [3.05, 3.63) is 41.5 Å². The number of hydrogen-bond donors (Lipinski definition) is 0. The molecule has 0 amide bonds. The average Bonchev–Trinajstić information content (AvgIpc) is 3.03. The van der Waals surface area contributed by atoms with Gasteiger partial charge in [-0.15, -0.1) is 0 Å². The van der Waals surface area contributed by atoms with Crippen molar-refractivity contribution in [1.82, 2.24) is 19.9 Å². The second-order valence-corrected chi connectivity index (χ2v) is 6.21. The summed E-state index contributed by atoms with van der Waals surface area (Å²) >= 11 is 0.